The Bertz CT molecular complexity index is 468. The molecule has 0 fully saturated rings. The average molecular weight is 334 g/mol. The first-order chi connectivity index (χ1) is 11.4. The normalized spacial score (nSPS) is 11.1. The molecule has 0 N–H and O–H groups in total. The minimum Gasteiger partial charge on any atom is -0.465 e. The smallest absolute Gasteiger partial charge is 0.320 e. The number of ether oxygens (including phenoxy) is 2. The standard InChI is InChI=1S/C20H30O4/c1-15(2)10-12-23-19(21)18(14-17-8-6-5-7-9-17)20(22)24-13-11-16(3)4/h5-9,15-16,18H,10-14H2,1-4H3. The third kappa shape index (κ3) is 8.14. The Morgan fingerprint density at radius 2 is 1.29 bits per heavy atom. The molecule has 0 bridgehead atoms. The predicted molar refractivity (Wildman–Crippen MR) is 94.5 cm³/mol. The van der Waals surface area contributed by atoms with Gasteiger partial charge in [-0.05, 0) is 36.7 Å². The highest BCUT2D eigenvalue weighted by Gasteiger charge is 2.30. The summed E-state index contributed by atoms with van der Waals surface area (Å²) in [4.78, 5) is 24.7. The lowest BCUT2D eigenvalue weighted by Gasteiger charge is -2.16. The molecule has 4 heteroatoms. The Labute approximate surface area is 145 Å². The first kappa shape index (κ1) is 20.2. The van der Waals surface area contributed by atoms with E-state index in [1.807, 2.05) is 30.3 Å². The van der Waals surface area contributed by atoms with Gasteiger partial charge < -0.3 is 9.47 Å². The molecule has 0 amide bonds. The van der Waals surface area contributed by atoms with Crippen LogP contribution in [0.3, 0.4) is 0 Å². The molecule has 1 rings (SSSR count). The molecule has 0 saturated heterocycles. The van der Waals surface area contributed by atoms with Gasteiger partial charge in [0, 0.05) is 0 Å². The van der Waals surface area contributed by atoms with Crippen molar-refractivity contribution in [3.05, 3.63) is 35.9 Å². The van der Waals surface area contributed by atoms with Gasteiger partial charge in [0.05, 0.1) is 13.2 Å². The van der Waals surface area contributed by atoms with Crippen molar-refractivity contribution in [1.82, 2.24) is 0 Å². The second-order valence-electron chi connectivity index (χ2n) is 6.94. The maximum atomic E-state index is 12.3. The largest absolute Gasteiger partial charge is 0.465 e. The van der Waals surface area contributed by atoms with Crippen molar-refractivity contribution < 1.29 is 19.1 Å². The second-order valence-corrected chi connectivity index (χ2v) is 6.94. The molecule has 0 radical (unpaired) electrons. The van der Waals surface area contributed by atoms with Crippen LogP contribution in [-0.2, 0) is 25.5 Å². The molecule has 0 unspecified atom stereocenters. The van der Waals surface area contributed by atoms with Crippen molar-refractivity contribution >= 4 is 11.9 Å². The van der Waals surface area contributed by atoms with Gasteiger partial charge in [0.1, 0.15) is 0 Å². The minimum atomic E-state index is -0.897. The zero-order valence-corrected chi connectivity index (χ0v) is 15.3. The molecule has 24 heavy (non-hydrogen) atoms. The molecular formula is C20H30O4. The average Bonchev–Trinajstić information content (AvgIpc) is 2.52. The Hall–Kier alpha value is -1.84. The fraction of sp³-hybridized carbons (Fsp3) is 0.600. The van der Waals surface area contributed by atoms with Crippen LogP contribution in [0.15, 0.2) is 30.3 Å². The molecule has 1 aromatic carbocycles. The van der Waals surface area contributed by atoms with Crippen LogP contribution < -0.4 is 0 Å². The Morgan fingerprint density at radius 1 is 0.833 bits per heavy atom. The summed E-state index contributed by atoms with van der Waals surface area (Å²) in [6.07, 6.45) is 1.88. The Morgan fingerprint density at radius 3 is 1.71 bits per heavy atom. The van der Waals surface area contributed by atoms with Crippen LogP contribution in [0.5, 0.6) is 0 Å². The molecular weight excluding hydrogens is 304 g/mol. The summed E-state index contributed by atoms with van der Waals surface area (Å²) in [5.74, 6) is -0.985. The minimum absolute atomic E-state index is 0.307. The summed E-state index contributed by atoms with van der Waals surface area (Å²) in [6, 6.07) is 9.48. The van der Waals surface area contributed by atoms with E-state index >= 15 is 0 Å². The number of rotatable bonds is 10. The van der Waals surface area contributed by atoms with E-state index in [0.29, 0.717) is 31.5 Å². The van der Waals surface area contributed by atoms with E-state index in [1.54, 1.807) is 0 Å². The molecule has 0 spiro atoms. The van der Waals surface area contributed by atoms with E-state index in [1.165, 1.54) is 0 Å². The second kappa shape index (κ2) is 10.8. The molecule has 4 nitrogen and oxygen atoms in total. The van der Waals surface area contributed by atoms with E-state index in [2.05, 4.69) is 27.7 Å². The van der Waals surface area contributed by atoms with E-state index in [9.17, 15) is 9.59 Å². The van der Waals surface area contributed by atoms with Gasteiger partial charge in [-0.3, -0.25) is 9.59 Å². The van der Waals surface area contributed by atoms with E-state index < -0.39 is 17.9 Å². The lowest BCUT2D eigenvalue weighted by Crippen LogP contribution is -2.30. The van der Waals surface area contributed by atoms with Crippen LogP contribution in [0.4, 0.5) is 0 Å². The van der Waals surface area contributed by atoms with Crippen LogP contribution in [-0.4, -0.2) is 25.2 Å². The Kier molecular flexibility index (Phi) is 9.13. The van der Waals surface area contributed by atoms with E-state index in [-0.39, 0.29) is 0 Å². The highest BCUT2D eigenvalue weighted by atomic mass is 16.6. The summed E-state index contributed by atoms with van der Waals surface area (Å²) in [5, 5.41) is 0. The molecule has 0 atom stereocenters. The fourth-order valence-corrected chi connectivity index (χ4v) is 2.10. The van der Waals surface area contributed by atoms with Crippen molar-refractivity contribution in [2.45, 2.75) is 47.0 Å². The van der Waals surface area contributed by atoms with Crippen molar-refractivity contribution in [2.75, 3.05) is 13.2 Å². The van der Waals surface area contributed by atoms with Gasteiger partial charge in [0.25, 0.3) is 0 Å². The third-order valence-electron chi connectivity index (χ3n) is 3.73. The first-order valence-electron chi connectivity index (χ1n) is 8.77. The third-order valence-corrected chi connectivity index (χ3v) is 3.73. The zero-order valence-electron chi connectivity index (χ0n) is 15.3. The van der Waals surface area contributed by atoms with Crippen LogP contribution in [0.1, 0.15) is 46.1 Å². The quantitative estimate of drug-likeness (QED) is 0.479. The molecule has 0 aliphatic heterocycles. The summed E-state index contributed by atoms with van der Waals surface area (Å²) in [5.41, 5.74) is 0.920. The van der Waals surface area contributed by atoms with Crippen molar-refractivity contribution in [3.8, 4) is 0 Å². The van der Waals surface area contributed by atoms with Gasteiger partial charge in [-0.2, -0.15) is 0 Å². The van der Waals surface area contributed by atoms with Crippen LogP contribution >= 0.6 is 0 Å². The van der Waals surface area contributed by atoms with Crippen molar-refractivity contribution in [2.24, 2.45) is 17.8 Å². The molecule has 1 aromatic rings. The lowest BCUT2D eigenvalue weighted by molar-refractivity contribution is -0.162. The maximum absolute atomic E-state index is 12.3. The van der Waals surface area contributed by atoms with Gasteiger partial charge in [-0.15, -0.1) is 0 Å². The number of carbonyl (C=O) groups excluding carboxylic acids is 2. The number of esters is 2. The molecule has 0 aromatic heterocycles. The Balaban J connectivity index is 2.67. The summed E-state index contributed by atoms with van der Waals surface area (Å²) in [6.45, 7) is 8.93. The summed E-state index contributed by atoms with van der Waals surface area (Å²) >= 11 is 0. The SMILES string of the molecule is CC(C)CCOC(=O)C(Cc1ccccc1)C(=O)OCCC(C)C. The lowest BCUT2D eigenvalue weighted by atomic mass is 9.99. The highest BCUT2D eigenvalue weighted by Crippen LogP contribution is 2.14. The van der Waals surface area contributed by atoms with Crippen LogP contribution in [0.2, 0.25) is 0 Å². The molecule has 0 aliphatic rings. The number of hydrogen-bond donors (Lipinski definition) is 0. The van der Waals surface area contributed by atoms with Crippen molar-refractivity contribution in [3.63, 3.8) is 0 Å². The maximum Gasteiger partial charge on any atom is 0.320 e. The zero-order chi connectivity index (χ0) is 17.9. The highest BCUT2D eigenvalue weighted by molar-refractivity contribution is 5.95. The fourth-order valence-electron chi connectivity index (χ4n) is 2.10. The first-order valence-corrected chi connectivity index (χ1v) is 8.77. The van der Waals surface area contributed by atoms with Gasteiger partial charge in [0.15, 0.2) is 5.92 Å². The van der Waals surface area contributed by atoms with Gasteiger partial charge in [-0.1, -0.05) is 58.0 Å². The van der Waals surface area contributed by atoms with E-state index in [4.69, 9.17) is 9.47 Å². The molecule has 134 valence electrons. The number of carbonyl (C=O) groups is 2. The number of benzene rings is 1. The summed E-state index contributed by atoms with van der Waals surface area (Å²) < 4.78 is 10.6. The van der Waals surface area contributed by atoms with Gasteiger partial charge in [0.2, 0.25) is 0 Å². The van der Waals surface area contributed by atoms with Gasteiger partial charge in [-0.25, -0.2) is 0 Å². The molecule has 0 saturated carbocycles. The predicted octanol–water partition coefficient (Wildman–Crippen LogP) is 4.02. The molecule has 0 heterocycles. The van der Waals surface area contributed by atoms with Crippen LogP contribution in [0, 0.1) is 17.8 Å². The van der Waals surface area contributed by atoms with E-state index in [0.717, 1.165) is 18.4 Å². The van der Waals surface area contributed by atoms with Crippen LogP contribution in [0.25, 0.3) is 0 Å². The number of hydrogen-bond acceptors (Lipinski definition) is 4. The topological polar surface area (TPSA) is 52.6 Å². The summed E-state index contributed by atoms with van der Waals surface area (Å²) in [7, 11) is 0. The monoisotopic (exact) mass is 334 g/mol. The van der Waals surface area contributed by atoms with Crippen molar-refractivity contribution in [1.29, 1.82) is 0 Å². The molecule has 0 aliphatic carbocycles. The van der Waals surface area contributed by atoms with Gasteiger partial charge >= 0.3 is 11.9 Å².